The van der Waals surface area contributed by atoms with Crippen LogP contribution < -0.4 is 16.8 Å². The van der Waals surface area contributed by atoms with Gasteiger partial charge in [0.05, 0.1) is 18.6 Å². The van der Waals surface area contributed by atoms with E-state index in [1.807, 2.05) is 0 Å². The third kappa shape index (κ3) is 8.37. The molecule has 2 amide bonds. The normalized spacial score (nSPS) is 13.2. The molecule has 8 nitrogen and oxygen atoms in total. The molecule has 0 saturated heterocycles. The van der Waals surface area contributed by atoms with Crippen LogP contribution in [0.4, 0.5) is 0 Å². The summed E-state index contributed by atoms with van der Waals surface area (Å²) < 4.78 is 10.5. The van der Waals surface area contributed by atoms with Crippen LogP contribution in [0.5, 0.6) is 0 Å². The first-order valence-corrected chi connectivity index (χ1v) is 6.38. The molecule has 7 N–H and O–H groups in total. The number of rotatable bonds is 7. The molecule has 0 fully saturated rings. The lowest BCUT2D eigenvalue weighted by molar-refractivity contribution is -0.126. The van der Waals surface area contributed by atoms with Crippen LogP contribution in [0, 0.1) is 0 Å². The van der Waals surface area contributed by atoms with Gasteiger partial charge in [-0.3, -0.25) is 14.2 Å². The predicted octanol–water partition coefficient (Wildman–Crippen LogP) is -2.13. The Balaban J connectivity index is 3.73. The first-order chi connectivity index (χ1) is 7.22. The van der Waals surface area contributed by atoms with E-state index < -0.39 is 25.5 Å². The van der Waals surface area contributed by atoms with Crippen LogP contribution in [-0.2, 0) is 14.2 Å². The van der Waals surface area contributed by atoms with Gasteiger partial charge in [0.25, 0.3) is 0 Å². The van der Waals surface area contributed by atoms with Gasteiger partial charge in [-0.2, -0.15) is 0 Å². The molecule has 0 saturated carbocycles. The van der Waals surface area contributed by atoms with E-state index in [9.17, 15) is 14.2 Å². The molecule has 1 atom stereocenters. The van der Waals surface area contributed by atoms with Gasteiger partial charge in [0, 0.05) is 6.54 Å². The van der Waals surface area contributed by atoms with Crippen LogP contribution in [0.2, 0.25) is 0 Å². The van der Waals surface area contributed by atoms with Crippen LogP contribution in [0.1, 0.15) is 12.8 Å². The van der Waals surface area contributed by atoms with Crippen molar-refractivity contribution in [1.29, 1.82) is 0 Å². The zero-order valence-corrected chi connectivity index (χ0v) is 9.52. The van der Waals surface area contributed by atoms with Crippen molar-refractivity contribution in [2.24, 2.45) is 11.5 Å². The molecule has 0 aromatic heterocycles. The minimum atomic E-state index is -4.03. The zero-order valence-electron chi connectivity index (χ0n) is 8.63. The van der Waals surface area contributed by atoms with Crippen molar-refractivity contribution in [2.45, 2.75) is 18.9 Å². The van der Waals surface area contributed by atoms with E-state index in [2.05, 4.69) is 5.32 Å². The molecule has 0 unspecified atom stereocenters. The minimum Gasteiger partial charge on any atom is -0.370 e. The fourth-order valence-electron chi connectivity index (χ4n) is 0.937. The van der Waals surface area contributed by atoms with E-state index in [1.54, 1.807) is 0 Å². The number of hydrogen-bond acceptors (Lipinski definition) is 4. The Bertz CT molecular complexity index is 302. The average Bonchev–Trinajstić information content (AvgIpc) is 2.09. The van der Waals surface area contributed by atoms with Gasteiger partial charge in [0.1, 0.15) is 0 Å². The molecule has 0 aliphatic carbocycles. The summed E-state index contributed by atoms with van der Waals surface area (Å²) in [6, 6.07) is -1.02. The summed E-state index contributed by atoms with van der Waals surface area (Å²) in [6.07, 6.45) is -0.429. The smallest absolute Gasteiger partial charge is 0.325 e. The van der Waals surface area contributed by atoms with E-state index in [4.69, 9.17) is 21.3 Å². The van der Waals surface area contributed by atoms with Crippen molar-refractivity contribution in [3.8, 4) is 0 Å². The van der Waals surface area contributed by atoms with Crippen LogP contribution in [0.15, 0.2) is 0 Å². The second-order valence-electron chi connectivity index (χ2n) is 3.31. The van der Waals surface area contributed by atoms with Gasteiger partial charge < -0.3 is 26.6 Å². The van der Waals surface area contributed by atoms with Crippen LogP contribution in [-0.4, -0.2) is 40.3 Å². The summed E-state index contributed by atoms with van der Waals surface area (Å²) in [5.74, 6) is -1.25. The molecule has 0 bridgehead atoms. The van der Waals surface area contributed by atoms with Gasteiger partial charge in [-0.25, -0.2) is 0 Å². The highest BCUT2D eigenvalue weighted by Gasteiger charge is 2.16. The molecule has 0 aromatic rings. The number of primary amides is 1. The Morgan fingerprint density at radius 1 is 1.38 bits per heavy atom. The predicted molar refractivity (Wildman–Crippen MR) is 56.3 cm³/mol. The van der Waals surface area contributed by atoms with Crippen LogP contribution in [0.3, 0.4) is 0 Å². The SMILES string of the molecule is NC(=O)C[C@H](N)C(=O)NCCCP(=O)(O)O. The van der Waals surface area contributed by atoms with Crippen LogP contribution >= 0.6 is 7.60 Å². The number of carbonyl (C=O) groups is 2. The van der Waals surface area contributed by atoms with Crippen LogP contribution in [0.25, 0.3) is 0 Å². The Morgan fingerprint density at radius 2 is 1.94 bits per heavy atom. The summed E-state index contributed by atoms with van der Waals surface area (Å²) in [6.45, 7) is 0.0937. The molecule has 0 aliphatic rings. The van der Waals surface area contributed by atoms with E-state index >= 15 is 0 Å². The second kappa shape index (κ2) is 6.59. The summed E-state index contributed by atoms with van der Waals surface area (Å²) in [5, 5.41) is 2.35. The fraction of sp³-hybridized carbons (Fsp3) is 0.714. The maximum atomic E-state index is 11.2. The van der Waals surface area contributed by atoms with Crippen molar-refractivity contribution in [2.75, 3.05) is 12.7 Å². The first-order valence-electron chi connectivity index (χ1n) is 4.58. The van der Waals surface area contributed by atoms with E-state index in [0.717, 1.165) is 0 Å². The Morgan fingerprint density at radius 3 is 2.38 bits per heavy atom. The molecule has 0 aliphatic heterocycles. The molecule has 0 radical (unpaired) electrons. The number of nitrogens with two attached hydrogens (primary N) is 2. The lowest BCUT2D eigenvalue weighted by Crippen LogP contribution is -2.43. The number of amides is 2. The minimum absolute atomic E-state index is 0.0937. The topological polar surface area (TPSA) is 156 Å². The van der Waals surface area contributed by atoms with E-state index in [0.29, 0.717) is 0 Å². The highest BCUT2D eigenvalue weighted by atomic mass is 31.2. The number of nitrogens with one attached hydrogen (secondary N) is 1. The lowest BCUT2D eigenvalue weighted by Gasteiger charge is -2.10. The van der Waals surface area contributed by atoms with E-state index in [1.165, 1.54) is 0 Å². The molecule has 0 aromatic carbocycles. The standard InChI is InChI=1S/C7H16N3O5P/c8-5(4-6(9)11)7(12)10-2-1-3-16(13,14)15/h5H,1-4,8H2,(H2,9,11)(H,10,12)(H2,13,14,15)/t5-/m0/s1. The first kappa shape index (κ1) is 15.0. The molecule has 9 heteroatoms. The van der Waals surface area contributed by atoms with Crippen molar-refractivity contribution in [3.05, 3.63) is 0 Å². The van der Waals surface area contributed by atoms with Gasteiger partial charge in [0.2, 0.25) is 11.8 Å². The quantitative estimate of drug-likeness (QED) is 0.258. The van der Waals surface area contributed by atoms with Gasteiger partial charge >= 0.3 is 7.60 Å². The Kier molecular flexibility index (Phi) is 6.20. The summed E-state index contributed by atoms with van der Waals surface area (Å²) >= 11 is 0. The molecule has 94 valence electrons. The second-order valence-corrected chi connectivity index (χ2v) is 5.09. The summed E-state index contributed by atoms with van der Waals surface area (Å²) in [5.41, 5.74) is 10.2. The third-order valence-electron chi connectivity index (χ3n) is 1.68. The van der Waals surface area contributed by atoms with E-state index in [-0.39, 0.29) is 25.5 Å². The van der Waals surface area contributed by atoms with Crippen molar-refractivity contribution < 1.29 is 23.9 Å². The highest BCUT2D eigenvalue weighted by molar-refractivity contribution is 7.51. The highest BCUT2D eigenvalue weighted by Crippen LogP contribution is 2.34. The Labute approximate surface area is 92.5 Å². The Hall–Kier alpha value is -0.950. The third-order valence-corrected chi connectivity index (χ3v) is 2.58. The van der Waals surface area contributed by atoms with Gasteiger partial charge in [-0.15, -0.1) is 0 Å². The molecular weight excluding hydrogens is 237 g/mol. The van der Waals surface area contributed by atoms with Gasteiger partial charge in [0.15, 0.2) is 0 Å². The molecule has 0 rings (SSSR count). The zero-order chi connectivity index (χ0) is 12.8. The maximum absolute atomic E-state index is 11.2. The monoisotopic (exact) mass is 253 g/mol. The molecule has 0 heterocycles. The largest absolute Gasteiger partial charge is 0.370 e. The average molecular weight is 253 g/mol. The summed E-state index contributed by atoms with van der Waals surface area (Å²) in [7, 11) is -4.03. The van der Waals surface area contributed by atoms with Crippen molar-refractivity contribution >= 4 is 19.4 Å². The molecular formula is C7H16N3O5P. The lowest BCUT2D eigenvalue weighted by atomic mass is 10.2. The van der Waals surface area contributed by atoms with Gasteiger partial charge in [-0.05, 0) is 6.42 Å². The van der Waals surface area contributed by atoms with Crippen molar-refractivity contribution in [3.63, 3.8) is 0 Å². The number of carbonyl (C=O) groups excluding carboxylic acids is 2. The molecule has 16 heavy (non-hydrogen) atoms. The van der Waals surface area contributed by atoms with Crippen molar-refractivity contribution in [1.82, 2.24) is 5.32 Å². The maximum Gasteiger partial charge on any atom is 0.325 e. The fourth-order valence-corrected chi connectivity index (χ4v) is 1.51. The number of hydrogen-bond donors (Lipinski definition) is 5. The summed E-state index contributed by atoms with van der Waals surface area (Å²) in [4.78, 5) is 38.6. The van der Waals surface area contributed by atoms with Gasteiger partial charge in [-0.1, -0.05) is 0 Å². The molecule has 0 spiro atoms.